The number of aliphatic hydroxyl groups is 1. The molecule has 0 amide bonds. The van der Waals surface area contributed by atoms with E-state index in [4.69, 9.17) is 14.6 Å². The van der Waals surface area contributed by atoms with Gasteiger partial charge in [0.2, 0.25) is 0 Å². The van der Waals surface area contributed by atoms with Crippen LogP contribution in [0.1, 0.15) is 6.42 Å². The van der Waals surface area contributed by atoms with Gasteiger partial charge in [0, 0.05) is 26.2 Å². The summed E-state index contributed by atoms with van der Waals surface area (Å²) in [5, 5.41) is 8.46. The smallest absolute Gasteiger partial charge is 0.0697 e. The van der Waals surface area contributed by atoms with Crippen LogP contribution < -0.4 is 0 Å². The second-order valence-corrected chi connectivity index (χ2v) is 3.14. The fraction of sp³-hybridized carbons (Fsp3) is 1.00. The van der Waals surface area contributed by atoms with E-state index < -0.39 is 0 Å². The van der Waals surface area contributed by atoms with Crippen LogP contribution in [0.4, 0.5) is 0 Å². The predicted molar refractivity (Wildman–Crippen MR) is 49.8 cm³/mol. The Bertz CT molecular complexity index is 115. The molecule has 1 saturated heterocycles. The van der Waals surface area contributed by atoms with Gasteiger partial charge in [0.25, 0.3) is 0 Å². The Morgan fingerprint density at radius 1 is 1.23 bits per heavy atom. The molecule has 0 spiro atoms. The van der Waals surface area contributed by atoms with Crippen molar-refractivity contribution in [2.75, 3.05) is 52.7 Å². The lowest BCUT2D eigenvalue weighted by atomic mass is 10.3. The summed E-state index contributed by atoms with van der Waals surface area (Å²) in [4.78, 5) is 2.38. The van der Waals surface area contributed by atoms with Crippen LogP contribution in [0.3, 0.4) is 0 Å². The van der Waals surface area contributed by atoms with Gasteiger partial charge in [0.15, 0.2) is 0 Å². The zero-order valence-corrected chi connectivity index (χ0v) is 8.07. The minimum atomic E-state index is 0.123. The molecular weight excluding hydrogens is 170 g/mol. The topological polar surface area (TPSA) is 41.9 Å². The highest BCUT2D eigenvalue weighted by Crippen LogP contribution is 1.97. The number of aliphatic hydroxyl groups excluding tert-OH is 1. The molecule has 1 aliphatic rings. The van der Waals surface area contributed by atoms with Crippen LogP contribution in [0.2, 0.25) is 0 Å². The molecule has 4 heteroatoms. The van der Waals surface area contributed by atoms with Gasteiger partial charge in [0.05, 0.1) is 26.4 Å². The summed E-state index contributed by atoms with van der Waals surface area (Å²) in [6, 6.07) is 0. The SMILES string of the molecule is OCCOCCCN1CCOCC1. The molecule has 0 aliphatic carbocycles. The van der Waals surface area contributed by atoms with Crippen LogP contribution in [0.25, 0.3) is 0 Å². The molecule has 1 rings (SSSR count). The van der Waals surface area contributed by atoms with Gasteiger partial charge in [-0.25, -0.2) is 0 Å². The van der Waals surface area contributed by atoms with E-state index in [1.165, 1.54) is 0 Å². The van der Waals surface area contributed by atoms with Crippen molar-refractivity contribution in [3.63, 3.8) is 0 Å². The molecule has 1 heterocycles. The van der Waals surface area contributed by atoms with Gasteiger partial charge < -0.3 is 14.6 Å². The van der Waals surface area contributed by atoms with Gasteiger partial charge in [-0.15, -0.1) is 0 Å². The molecule has 0 atom stereocenters. The average Bonchev–Trinajstić information content (AvgIpc) is 2.19. The maximum atomic E-state index is 8.46. The van der Waals surface area contributed by atoms with E-state index in [2.05, 4.69) is 4.90 Å². The van der Waals surface area contributed by atoms with Gasteiger partial charge >= 0.3 is 0 Å². The number of hydrogen-bond acceptors (Lipinski definition) is 4. The van der Waals surface area contributed by atoms with Crippen LogP contribution >= 0.6 is 0 Å². The standard InChI is InChI=1S/C9H19NO3/c11-5-9-12-6-1-2-10-3-7-13-8-4-10/h11H,1-9H2. The van der Waals surface area contributed by atoms with Gasteiger partial charge in [0.1, 0.15) is 0 Å². The molecular formula is C9H19NO3. The fourth-order valence-electron chi connectivity index (χ4n) is 1.38. The first-order valence-corrected chi connectivity index (χ1v) is 4.92. The van der Waals surface area contributed by atoms with Gasteiger partial charge in [-0.05, 0) is 6.42 Å². The van der Waals surface area contributed by atoms with E-state index in [0.29, 0.717) is 6.61 Å². The fourth-order valence-corrected chi connectivity index (χ4v) is 1.38. The molecule has 0 aromatic heterocycles. The van der Waals surface area contributed by atoms with Crippen molar-refractivity contribution in [1.82, 2.24) is 4.90 Å². The van der Waals surface area contributed by atoms with Crippen molar-refractivity contribution in [3.05, 3.63) is 0 Å². The van der Waals surface area contributed by atoms with Crippen LogP contribution in [0.5, 0.6) is 0 Å². The second-order valence-electron chi connectivity index (χ2n) is 3.14. The third kappa shape index (κ3) is 5.21. The Morgan fingerprint density at radius 2 is 2.00 bits per heavy atom. The monoisotopic (exact) mass is 189 g/mol. The van der Waals surface area contributed by atoms with Crippen LogP contribution in [0, 0.1) is 0 Å². The quantitative estimate of drug-likeness (QED) is 0.583. The molecule has 78 valence electrons. The number of morpholine rings is 1. The molecule has 1 aliphatic heterocycles. The molecule has 13 heavy (non-hydrogen) atoms. The minimum Gasteiger partial charge on any atom is -0.394 e. The van der Waals surface area contributed by atoms with Gasteiger partial charge in [-0.3, -0.25) is 4.90 Å². The van der Waals surface area contributed by atoms with Crippen molar-refractivity contribution in [1.29, 1.82) is 0 Å². The third-order valence-corrected chi connectivity index (χ3v) is 2.10. The van der Waals surface area contributed by atoms with Crippen molar-refractivity contribution >= 4 is 0 Å². The maximum absolute atomic E-state index is 8.46. The Balaban J connectivity index is 1.86. The van der Waals surface area contributed by atoms with E-state index in [-0.39, 0.29) is 6.61 Å². The molecule has 4 nitrogen and oxygen atoms in total. The van der Waals surface area contributed by atoms with Crippen LogP contribution in [0.15, 0.2) is 0 Å². The summed E-state index contributed by atoms with van der Waals surface area (Å²) in [6.07, 6.45) is 1.04. The molecule has 0 unspecified atom stereocenters. The molecule has 1 fully saturated rings. The lowest BCUT2D eigenvalue weighted by Crippen LogP contribution is -2.37. The van der Waals surface area contributed by atoms with E-state index in [1.54, 1.807) is 0 Å². The largest absolute Gasteiger partial charge is 0.394 e. The summed E-state index contributed by atoms with van der Waals surface area (Å²) in [5.41, 5.74) is 0. The Labute approximate surface area is 79.4 Å². The summed E-state index contributed by atoms with van der Waals surface area (Å²) in [6.45, 7) is 6.21. The number of ether oxygens (including phenoxy) is 2. The van der Waals surface area contributed by atoms with Crippen molar-refractivity contribution in [3.8, 4) is 0 Å². The Morgan fingerprint density at radius 3 is 2.69 bits per heavy atom. The Hall–Kier alpha value is -0.160. The van der Waals surface area contributed by atoms with Crippen LogP contribution in [-0.4, -0.2) is 62.7 Å². The van der Waals surface area contributed by atoms with E-state index in [9.17, 15) is 0 Å². The van der Waals surface area contributed by atoms with Gasteiger partial charge in [-0.2, -0.15) is 0 Å². The highest BCUT2D eigenvalue weighted by molar-refractivity contribution is 4.60. The molecule has 1 N–H and O–H groups in total. The average molecular weight is 189 g/mol. The highest BCUT2D eigenvalue weighted by atomic mass is 16.5. The van der Waals surface area contributed by atoms with E-state index in [0.717, 1.165) is 45.9 Å². The molecule has 0 radical (unpaired) electrons. The van der Waals surface area contributed by atoms with Crippen molar-refractivity contribution in [2.24, 2.45) is 0 Å². The summed E-state index contributed by atoms with van der Waals surface area (Å²) < 4.78 is 10.4. The van der Waals surface area contributed by atoms with Gasteiger partial charge in [-0.1, -0.05) is 0 Å². The van der Waals surface area contributed by atoms with E-state index in [1.807, 2.05) is 0 Å². The van der Waals surface area contributed by atoms with Crippen molar-refractivity contribution in [2.45, 2.75) is 6.42 Å². The maximum Gasteiger partial charge on any atom is 0.0697 e. The van der Waals surface area contributed by atoms with Crippen LogP contribution in [-0.2, 0) is 9.47 Å². The molecule has 0 aromatic rings. The highest BCUT2D eigenvalue weighted by Gasteiger charge is 2.08. The van der Waals surface area contributed by atoms with Crippen molar-refractivity contribution < 1.29 is 14.6 Å². The number of hydrogen-bond donors (Lipinski definition) is 1. The predicted octanol–water partition coefficient (Wildman–Crippen LogP) is -0.282. The zero-order valence-electron chi connectivity index (χ0n) is 8.07. The van der Waals surface area contributed by atoms with E-state index >= 15 is 0 Å². The second kappa shape index (κ2) is 7.26. The lowest BCUT2D eigenvalue weighted by molar-refractivity contribution is 0.0299. The summed E-state index contributed by atoms with van der Waals surface area (Å²) >= 11 is 0. The normalized spacial score (nSPS) is 19.2. The first-order chi connectivity index (χ1) is 6.43. The number of rotatable bonds is 6. The first kappa shape index (κ1) is 10.9. The molecule has 0 bridgehead atoms. The molecule has 0 aromatic carbocycles. The third-order valence-electron chi connectivity index (χ3n) is 2.10. The number of nitrogens with zero attached hydrogens (tertiary/aromatic N) is 1. The first-order valence-electron chi connectivity index (χ1n) is 4.92. The summed E-state index contributed by atoms with van der Waals surface area (Å²) in [7, 11) is 0. The summed E-state index contributed by atoms with van der Waals surface area (Å²) in [5.74, 6) is 0. The lowest BCUT2D eigenvalue weighted by Gasteiger charge is -2.26. The zero-order chi connectivity index (χ0) is 9.36. The Kier molecular flexibility index (Phi) is 6.10. The molecule has 0 saturated carbocycles. The minimum absolute atomic E-state index is 0.123.